The Labute approximate surface area is 476 Å². The number of halogens is 1. The molecule has 0 spiro atoms. The van der Waals surface area contributed by atoms with E-state index in [9.17, 15) is 54.1 Å². The summed E-state index contributed by atoms with van der Waals surface area (Å²) in [5.41, 5.74) is 6.42. The lowest BCUT2D eigenvalue weighted by Gasteiger charge is -2.35. The molecule has 0 amide bonds. The molecule has 4 aliphatic rings. The molecule has 83 heavy (non-hydrogen) atoms. The Kier molecular flexibility index (Phi) is 15.0. The third-order valence-electron chi connectivity index (χ3n) is 15.3. The number of nitro groups is 2. The molecule has 8 aromatic rings. The number of hydrogen-bond acceptors (Lipinski definition) is 18. The van der Waals surface area contributed by atoms with Crippen molar-refractivity contribution in [1.82, 2.24) is 19.1 Å². The quantitative estimate of drug-likeness (QED) is 0.0351. The van der Waals surface area contributed by atoms with Gasteiger partial charge in [-0.2, -0.15) is 0 Å². The zero-order valence-corrected chi connectivity index (χ0v) is 46.3. The maximum Gasteiger partial charge on any atom is 0.515 e. The number of rotatable bonds is 9. The molecule has 12 rings (SSSR count). The molecule has 0 fully saturated rings. The molecular formula is C60H51ClN6O16. The smallest absolute Gasteiger partial charge is 0.458 e. The molecule has 1 N–H and O–H groups in total. The van der Waals surface area contributed by atoms with Gasteiger partial charge < -0.3 is 37.9 Å². The maximum atomic E-state index is 13.8. The number of pyridine rings is 4. The van der Waals surface area contributed by atoms with E-state index in [2.05, 4.69) is 37.6 Å². The molecule has 0 aliphatic carbocycles. The van der Waals surface area contributed by atoms with Gasteiger partial charge in [0.2, 0.25) is 5.60 Å². The zero-order chi connectivity index (χ0) is 59.4. The molecule has 2 atom stereocenters. The SMILES string of the molecule is CCc1c2c(nc3ccc(C)cc13)-c1cc3c(c(=O)n1C2)COC(=O)C3(CC)OC(=O)Oc1ccc([N+](=O)[O-])cc1.CCc1c2c(nc3ccc(C)cc13)-c1cc3c(c(=O)n1C2)COC(=O)C3(O)CC.O=C(Cl)Oc1ccc([N+](=O)[O-])cc1. The van der Waals surface area contributed by atoms with E-state index in [1.165, 1.54) is 59.7 Å². The molecule has 0 saturated carbocycles. The monoisotopic (exact) mass is 1150 g/mol. The van der Waals surface area contributed by atoms with Gasteiger partial charge in [0.1, 0.15) is 24.7 Å². The van der Waals surface area contributed by atoms with Gasteiger partial charge in [0, 0.05) is 68.9 Å². The fourth-order valence-corrected chi connectivity index (χ4v) is 11.2. The standard InChI is InChI=1S/C30H25N3O8.C23H22N2O4.C7H4ClNO4/c1-4-19-20-12-16(3)6-11-24(20)31-26-21(19)14-32-25(26)13-23-22(27(32)34)15-39-28(35)30(23,5-2)41-29(36)40-18-9-7-17(8-10-18)33(37)38;1-4-13-14-8-12(3)6-7-18(14)24-20-15(13)10-25-19(20)9-17-16(21(25)26)11-29-22(27)23(17,28)5-2;8-7(10)13-6-3-1-5(2-4-6)9(11)12/h6-13H,4-5,14-15H2,1-3H3;6-9,28H,4-5,10-11H2,1-3H3;1-4H. The van der Waals surface area contributed by atoms with Crippen molar-refractivity contribution in [3.8, 4) is 34.3 Å². The lowest BCUT2D eigenvalue weighted by molar-refractivity contribution is -0.385. The largest absolute Gasteiger partial charge is 0.515 e. The number of benzene rings is 4. The third kappa shape index (κ3) is 9.98. The summed E-state index contributed by atoms with van der Waals surface area (Å²) in [6.45, 7) is 12.0. The van der Waals surface area contributed by atoms with Crippen molar-refractivity contribution in [2.45, 2.75) is 105 Å². The van der Waals surface area contributed by atoms with Crippen LogP contribution >= 0.6 is 11.6 Å². The maximum absolute atomic E-state index is 13.8. The number of aryl methyl sites for hydroxylation is 4. The van der Waals surface area contributed by atoms with Crippen molar-refractivity contribution in [1.29, 1.82) is 0 Å². The van der Waals surface area contributed by atoms with Gasteiger partial charge in [0.15, 0.2) is 5.60 Å². The van der Waals surface area contributed by atoms with Crippen LogP contribution in [-0.4, -0.2) is 57.6 Å². The van der Waals surface area contributed by atoms with Crippen LogP contribution in [-0.2, 0) is 74.1 Å². The van der Waals surface area contributed by atoms with Gasteiger partial charge in [-0.1, -0.05) is 51.0 Å². The minimum atomic E-state index is -1.94. The first-order valence-electron chi connectivity index (χ1n) is 26.4. The highest BCUT2D eigenvalue weighted by molar-refractivity contribution is 6.61. The number of fused-ring (bicyclic) bond motifs is 10. The van der Waals surface area contributed by atoms with Crippen LogP contribution in [0.3, 0.4) is 0 Å². The van der Waals surface area contributed by atoms with Crippen LogP contribution < -0.4 is 20.6 Å². The second-order valence-corrected chi connectivity index (χ2v) is 20.4. The molecule has 0 bridgehead atoms. The summed E-state index contributed by atoms with van der Waals surface area (Å²) in [7, 11) is 0. The van der Waals surface area contributed by atoms with Gasteiger partial charge in [-0.3, -0.25) is 29.8 Å². The van der Waals surface area contributed by atoms with E-state index in [0.29, 0.717) is 41.3 Å². The fraction of sp³-hybridized carbons (Fsp3) is 0.267. The lowest BCUT2D eigenvalue weighted by atomic mass is 9.85. The molecule has 4 aromatic heterocycles. The van der Waals surface area contributed by atoms with Crippen LogP contribution in [0.2, 0.25) is 0 Å². The molecular weight excluding hydrogens is 1100 g/mol. The van der Waals surface area contributed by atoms with E-state index in [0.717, 1.165) is 62.6 Å². The number of nitrogens with zero attached hydrogens (tertiary/aromatic N) is 6. The van der Waals surface area contributed by atoms with Crippen molar-refractivity contribution >= 4 is 68.3 Å². The number of non-ortho nitro benzene ring substituents is 2. The Bertz CT molecular complexity index is 4220. The summed E-state index contributed by atoms with van der Waals surface area (Å²) in [5, 5.41) is 34.2. The molecule has 23 heteroatoms. The fourth-order valence-electron chi connectivity index (χ4n) is 11.1. The first kappa shape index (κ1) is 56.6. The number of carbonyl (C=O) groups is 4. The summed E-state index contributed by atoms with van der Waals surface area (Å²) in [6.07, 6.45) is 0.451. The number of ether oxygens (including phenoxy) is 5. The van der Waals surface area contributed by atoms with Crippen LogP contribution in [0.5, 0.6) is 11.5 Å². The van der Waals surface area contributed by atoms with Crippen LogP contribution in [0.4, 0.5) is 21.0 Å². The number of esters is 2. The summed E-state index contributed by atoms with van der Waals surface area (Å²) in [4.78, 5) is 106. The summed E-state index contributed by atoms with van der Waals surface area (Å²) in [5.74, 6) is -1.37. The lowest BCUT2D eigenvalue weighted by Crippen LogP contribution is -2.47. The number of hydrogen-bond donors (Lipinski definition) is 1. The van der Waals surface area contributed by atoms with E-state index < -0.39 is 44.6 Å². The van der Waals surface area contributed by atoms with Gasteiger partial charge in [-0.25, -0.2) is 29.1 Å². The van der Waals surface area contributed by atoms with Crippen molar-refractivity contribution in [3.63, 3.8) is 0 Å². The van der Waals surface area contributed by atoms with E-state index in [1.807, 2.05) is 31.2 Å². The minimum absolute atomic E-state index is 0.0161. The second-order valence-electron chi connectivity index (χ2n) is 20.1. The van der Waals surface area contributed by atoms with Crippen molar-refractivity contribution in [2.75, 3.05) is 0 Å². The van der Waals surface area contributed by atoms with Crippen LogP contribution in [0.1, 0.15) is 96.2 Å². The summed E-state index contributed by atoms with van der Waals surface area (Å²) >= 11 is 4.92. The van der Waals surface area contributed by atoms with Crippen LogP contribution in [0.25, 0.3) is 44.6 Å². The second kappa shape index (κ2) is 22.0. The van der Waals surface area contributed by atoms with E-state index in [4.69, 9.17) is 40.5 Å². The van der Waals surface area contributed by atoms with Crippen molar-refractivity contribution < 1.29 is 57.8 Å². The predicted octanol–water partition coefficient (Wildman–Crippen LogP) is 10.4. The topological polar surface area (TPSA) is 291 Å². The van der Waals surface area contributed by atoms with Gasteiger partial charge in [-0.05, 0) is 111 Å². The average Bonchev–Trinajstić information content (AvgIpc) is 2.38. The molecule has 4 aromatic carbocycles. The molecule has 0 radical (unpaired) electrons. The van der Waals surface area contributed by atoms with Crippen LogP contribution in [0.15, 0.2) is 107 Å². The highest BCUT2D eigenvalue weighted by atomic mass is 35.5. The Morgan fingerprint density at radius 3 is 1.51 bits per heavy atom. The highest BCUT2D eigenvalue weighted by Gasteiger charge is 2.51. The normalized spacial score (nSPS) is 16.7. The van der Waals surface area contributed by atoms with Gasteiger partial charge in [0.25, 0.3) is 22.5 Å². The Balaban J connectivity index is 0.000000158. The Morgan fingerprint density at radius 2 is 1.07 bits per heavy atom. The molecule has 2 unspecified atom stereocenters. The molecule has 424 valence electrons. The predicted molar refractivity (Wildman–Crippen MR) is 300 cm³/mol. The van der Waals surface area contributed by atoms with Gasteiger partial charge >= 0.3 is 23.5 Å². The Morgan fingerprint density at radius 1 is 0.627 bits per heavy atom. The molecule has 0 saturated heterocycles. The first-order chi connectivity index (χ1) is 39.6. The van der Waals surface area contributed by atoms with Crippen molar-refractivity contribution in [2.24, 2.45) is 0 Å². The molecule has 8 heterocycles. The van der Waals surface area contributed by atoms with Crippen molar-refractivity contribution in [3.05, 3.63) is 194 Å². The Hall–Kier alpha value is -9.67. The summed E-state index contributed by atoms with van der Waals surface area (Å²) < 4.78 is 29.1. The van der Waals surface area contributed by atoms with Gasteiger partial charge in [-0.15, -0.1) is 0 Å². The zero-order valence-electron chi connectivity index (χ0n) is 45.5. The first-order valence-corrected chi connectivity index (χ1v) is 26.8. The van der Waals surface area contributed by atoms with Crippen LogP contribution in [0, 0.1) is 34.1 Å². The number of aliphatic hydroxyl groups is 1. The number of nitro benzene ring substituents is 2. The summed E-state index contributed by atoms with van der Waals surface area (Å²) in [6, 6.07) is 25.5. The molecule has 4 aliphatic heterocycles. The average molecular weight is 1150 g/mol. The van der Waals surface area contributed by atoms with E-state index in [-0.39, 0.29) is 71.2 Å². The number of aromatic nitrogens is 4. The highest BCUT2D eigenvalue weighted by Crippen LogP contribution is 2.44. The third-order valence-corrected chi connectivity index (χ3v) is 15.4. The molecule has 22 nitrogen and oxygen atoms in total. The number of cyclic esters (lactones) is 2. The number of carbonyl (C=O) groups excluding carboxylic acids is 4. The minimum Gasteiger partial charge on any atom is -0.458 e. The van der Waals surface area contributed by atoms with E-state index >= 15 is 0 Å². The van der Waals surface area contributed by atoms with Gasteiger partial charge in [0.05, 0.1) is 67.9 Å². The van der Waals surface area contributed by atoms with E-state index in [1.54, 1.807) is 35.1 Å².